The maximum atomic E-state index is 6.46. The van der Waals surface area contributed by atoms with Crippen molar-refractivity contribution in [2.75, 3.05) is 17.3 Å². The van der Waals surface area contributed by atoms with Crippen molar-refractivity contribution in [2.24, 2.45) is 5.73 Å². The van der Waals surface area contributed by atoms with Crippen LogP contribution >= 0.6 is 23.5 Å². The molecule has 2 unspecified atom stereocenters. The molecule has 1 aromatic carbocycles. The molecule has 0 radical (unpaired) electrons. The van der Waals surface area contributed by atoms with Crippen molar-refractivity contribution in [3.05, 3.63) is 35.4 Å². The molecule has 98 valence electrons. The summed E-state index contributed by atoms with van der Waals surface area (Å²) in [6.07, 6.45) is 4.13. The molecule has 2 N–H and O–H groups in total. The molecule has 2 atom stereocenters. The molecule has 2 fully saturated rings. The van der Waals surface area contributed by atoms with E-state index in [1.807, 2.05) is 0 Å². The van der Waals surface area contributed by atoms with E-state index in [-0.39, 0.29) is 6.04 Å². The minimum atomic E-state index is 0.211. The van der Waals surface area contributed by atoms with Crippen molar-refractivity contribution in [1.82, 2.24) is 0 Å². The Morgan fingerprint density at radius 3 is 2.78 bits per heavy atom. The molecule has 1 aliphatic heterocycles. The third kappa shape index (κ3) is 2.73. The second-order valence-corrected chi connectivity index (χ2v) is 7.80. The van der Waals surface area contributed by atoms with Crippen LogP contribution in [0.1, 0.15) is 42.3 Å². The predicted octanol–water partition coefficient (Wildman–Crippen LogP) is 3.80. The second kappa shape index (κ2) is 5.89. The van der Waals surface area contributed by atoms with Crippen LogP contribution in [0, 0.1) is 0 Å². The Balaban J connectivity index is 1.73. The molecule has 3 heteroatoms. The largest absolute Gasteiger partial charge is 0.323 e. The van der Waals surface area contributed by atoms with Gasteiger partial charge in [0.1, 0.15) is 0 Å². The fraction of sp³-hybridized carbons (Fsp3) is 0.600. The van der Waals surface area contributed by atoms with Crippen LogP contribution in [-0.4, -0.2) is 22.5 Å². The second-order valence-electron chi connectivity index (χ2n) is 5.31. The van der Waals surface area contributed by atoms with Crippen LogP contribution < -0.4 is 5.73 Å². The first-order valence-electron chi connectivity index (χ1n) is 6.89. The molecule has 1 saturated heterocycles. The average molecular weight is 279 g/mol. The molecular weight excluding hydrogens is 258 g/mol. The van der Waals surface area contributed by atoms with Crippen molar-refractivity contribution in [3.8, 4) is 0 Å². The molecule has 1 aromatic rings. The zero-order valence-corrected chi connectivity index (χ0v) is 12.3. The van der Waals surface area contributed by atoms with E-state index in [2.05, 4.69) is 47.8 Å². The Bertz CT molecular complexity index is 397. The van der Waals surface area contributed by atoms with Gasteiger partial charge in [-0.15, -0.1) is 0 Å². The van der Waals surface area contributed by atoms with Crippen molar-refractivity contribution >= 4 is 23.5 Å². The lowest BCUT2D eigenvalue weighted by molar-refractivity contribution is 0.419. The monoisotopic (exact) mass is 279 g/mol. The fourth-order valence-electron chi connectivity index (χ4n) is 2.69. The van der Waals surface area contributed by atoms with Crippen molar-refractivity contribution in [2.45, 2.75) is 36.5 Å². The summed E-state index contributed by atoms with van der Waals surface area (Å²) in [5.41, 5.74) is 9.33. The van der Waals surface area contributed by atoms with Gasteiger partial charge in [-0.05, 0) is 29.9 Å². The Labute approximate surface area is 118 Å². The number of hydrogen-bond donors (Lipinski definition) is 1. The van der Waals surface area contributed by atoms with Gasteiger partial charge >= 0.3 is 0 Å². The molecule has 0 spiro atoms. The topological polar surface area (TPSA) is 26.0 Å². The molecular formula is C15H21NS2. The van der Waals surface area contributed by atoms with Gasteiger partial charge in [-0.3, -0.25) is 0 Å². The van der Waals surface area contributed by atoms with Gasteiger partial charge in [0.15, 0.2) is 0 Å². The summed E-state index contributed by atoms with van der Waals surface area (Å²) in [5.74, 6) is 4.56. The summed E-state index contributed by atoms with van der Waals surface area (Å²) < 4.78 is 0. The highest BCUT2D eigenvalue weighted by Gasteiger charge is 2.24. The van der Waals surface area contributed by atoms with Gasteiger partial charge in [-0.25, -0.2) is 0 Å². The van der Waals surface area contributed by atoms with E-state index in [0.29, 0.717) is 5.25 Å². The smallest absolute Gasteiger partial charge is 0.0423 e. The summed E-state index contributed by atoms with van der Waals surface area (Å²) in [4.78, 5) is 0. The first-order valence-corrected chi connectivity index (χ1v) is 9.10. The molecule has 1 aliphatic carbocycles. The van der Waals surface area contributed by atoms with E-state index in [1.54, 1.807) is 0 Å². The molecule has 1 nitrogen and oxygen atoms in total. The van der Waals surface area contributed by atoms with Crippen LogP contribution in [0.25, 0.3) is 0 Å². The van der Waals surface area contributed by atoms with Crippen molar-refractivity contribution < 1.29 is 0 Å². The lowest BCUT2D eigenvalue weighted by atomic mass is 9.79. The van der Waals surface area contributed by atoms with Gasteiger partial charge < -0.3 is 5.73 Å². The summed E-state index contributed by atoms with van der Waals surface area (Å²) in [6, 6.07) is 9.27. The van der Waals surface area contributed by atoms with Crippen LogP contribution in [0.15, 0.2) is 24.3 Å². The van der Waals surface area contributed by atoms with E-state index in [0.717, 1.165) is 5.92 Å². The summed E-state index contributed by atoms with van der Waals surface area (Å²) in [7, 11) is 0. The molecule has 0 aromatic heterocycles. The first kappa shape index (κ1) is 12.9. The average Bonchev–Trinajstić information content (AvgIpc) is 2.37. The van der Waals surface area contributed by atoms with Gasteiger partial charge in [0.2, 0.25) is 0 Å². The Morgan fingerprint density at radius 1 is 1.22 bits per heavy atom. The number of rotatable bonds is 3. The van der Waals surface area contributed by atoms with Gasteiger partial charge in [0.25, 0.3) is 0 Å². The lowest BCUT2D eigenvalue weighted by Gasteiger charge is -2.29. The normalized spacial score (nSPS) is 26.6. The van der Waals surface area contributed by atoms with E-state index in [4.69, 9.17) is 5.73 Å². The highest BCUT2D eigenvalue weighted by molar-refractivity contribution is 8.06. The predicted molar refractivity (Wildman–Crippen MR) is 83.5 cm³/mol. The molecule has 0 amide bonds. The Morgan fingerprint density at radius 2 is 2.11 bits per heavy atom. The fourth-order valence-corrected chi connectivity index (χ4v) is 5.49. The van der Waals surface area contributed by atoms with Crippen LogP contribution in [-0.2, 0) is 0 Å². The molecule has 18 heavy (non-hydrogen) atoms. The SMILES string of the molecule is NC(c1cccc(C2CCC2)c1)C1CSCCS1. The lowest BCUT2D eigenvalue weighted by Crippen LogP contribution is -2.29. The van der Waals surface area contributed by atoms with Gasteiger partial charge in [0.05, 0.1) is 0 Å². The van der Waals surface area contributed by atoms with E-state index >= 15 is 0 Å². The zero-order valence-electron chi connectivity index (χ0n) is 10.7. The number of benzene rings is 1. The van der Waals surface area contributed by atoms with Crippen molar-refractivity contribution in [1.29, 1.82) is 0 Å². The Kier molecular flexibility index (Phi) is 4.22. The molecule has 1 heterocycles. The van der Waals surface area contributed by atoms with Crippen LogP contribution in [0.2, 0.25) is 0 Å². The number of hydrogen-bond acceptors (Lipinski definition) is 3. The van der Waals surface area contributed by atoms with Gasteiger partial charge in [-0.1, -0.05) is 30.7 Å². The van der Waals surface area contributed by atoms with Crippen LogP contribution in [0.5, 0.6) is 0 Å². The van der Waals surface area contributed by atoms with Crippen LogP contribution in [0.3, 0.4) is 0 Å². The van der Waals surface area contributed by atoms with Crippen LogP contribution in [0.4, 0.5) is 0 Å². The quantitative estimate of drug-likeness (QED) is 0.911. The summed E-state index contributed by atoms with van der Waals surface area (Å²) in [6.45, 7) is 0. The third-order valence-electron chi connectivity index (χ3n) is 4.11. The minimum absolute atomic E-state index is 0.211. The molecule has 2 aliphatic rings. The first-order chi connectivity index (χ1) is 8.84. The summed E-state index contributed by atoms with van der Waals surface area (Å²) >= 11 is 4.11. The van der Waals surface area contributed by atoms with Gasteiger partial charge in [0, 0.05) is 28.6 Å². The van der Waals surface area contributed by atoms with Crippen molar-refractivity contribution in [3.63, 3.8) is 0 Å². The minimum Gasteiger partial charge on any atom is -0.323 e. The Hall–Kier alpha value is -0.120. The summed E-state index contributed by atoms with van der Waals surface area (Å²) in [5, 5.41) is 0.598. The van der Waals surface area contributed by atoms with E-state index in [1.165, 1.54) is 47.6 Å². The third-order valence-corrected chi connectivity index (χ3v) is 7.00. The maximum absolute atomic E-state index is 6.46. The molecule has 1 saturated carbocycles. The zero-order chi connectivity index (χ0) is 12.4. The van der Waals surface area contributed by atoms with Gasteiger partial charge in [-0.2, -0.15) is 23.5 Å². The standard InChI is InChI=1S/C15H21NS2/c16-15(14-10-17-7-8-18-14)13-6-2-5-12(9-13)11-3-1-4-11/h2,5-6,9,11,14-15H,1,3-4,7-8,10,16H2. The number of nitrogens with two attached hydrogens (primary N) is 1. The molecule has 3 rings (SSSR count). The highest BCUT2D eigenvalue weighted by atomic mass is 32.2. The number of thioether (sulfide) groups is 2. The maximum Gasteiger partial charge on any atom is 0.0423 e. The van der Waals surface area contributed by atoms with E-state index < -0.39 is 0 Å². The van der Waals surface area contributed by atoms with E-state index in [9.17, 15) is 0 Å². The molecule has 0 bridgehead atoms. The highest BCUT2D eigenvalue weighted by Crippen LogP contribution is 2.38.